The molecule has 196 valence electrons. The number of aliphatic hydroxyl groups is 1. The first-order valence-electron chi connectivity index (χ1n) is 12.4. The third-order valence-corrected chi connectivity index (χ3v) is 6.53. The Morgan fingerprint density at radius 3 is 2.34 bits per heavy atom. The number of non-ortho nitro benzene ring substituents is 1. The molecule has 1 aliphatic heterocycles. The van der Waals surface area contributed by atoms with E-state index in [0.717, 1.165) is 11.1 Å². The van der Waals surface area contributed by atoms with E-state index in [2.05, 4.69) is 20.8 Å². The van der Waals surface area contributed by atoms with Gasteiger partial charge in [0, 0.05) is 24.2 Å². The smallest absolute Gasteiger partial charge is 0.295 e. The van der Waals surface area contributed by atoms with Crippen molar-refractivity contribution < 1.29 is 24.4 Å². The van der Waals surface area contributed by atoms with Crippen LogP contribution in [0.25, 0.3) is 5.76 Å². The molecule has 0 radical (unpaired) electrons. The Hall–Kier alpha value is -4.46. The Morgan fingerprint density at radius 2 is 1.71 bits per heavy atom. The molecule has 3 aromatic carbocycles. The van der Waals surface area contributed by atoms with E-state index in [1.165, 1.54) is 29.2 Å². The van der Waals surface area contributed by atoms with Crippen LogP contribution >= 0.6 is 0 Å². The van der Waals surface area contributed by atoms with Crippen LogP contribution in [0, 0.1) is 10.1 Å². The van der Waals surface area contributed by atoms with Crippen molar-refractivity contribution in [2.24, 2.45) is 0 Å². The van der Waals surface area contributed by atoms with Crippen molar-refractivity contribution >= 4 is 23.1 Å². The quantitative estimate of drug-likeness (QED) is 0.138. The van der Waals surface area contributed by atoms with Crippen LogP contribution in [-0.2, 0) is 21.5 Å². The number of hydrogen-bond donors (Lipinski definition) is 1. The Kier molecular flexibility index (Phi) is 7.35. The van der Waals surface area contributed by atoms with Gasteiger partial charge < -0.3 is 14.7 Å². The molecule has 8 nitrogen and oxygen atoms in total. The van der Waals surface area contributed by atoms with Gasteiger partial charge in [-0.05, 0) is 41.2 Å². The van der Waals surface area contributed by atoms with Crippen molar-refractivity contribution in [3.8, 4) is 5.75 Å². The standard InChI is InChI=1S/C30H30N2O6/c1-5-38-24-11-6-8-19(16-24)18-31-26(20-12-14-22(15-13-20)30(2,3)4)25(28(34)29(31)35)27(33)21-9-7-10-23(17-21)32(36)37/h6-17,26,33H,5,18H2,1-4H3/b27-25-. The lowest BCUT2D eigenvalue weighted by atomic mass is 9.85. The number of aliphatic hydroxyl groups excluding tert-OH is 1. The number of likely N-dealkylation sites (tertiary alicyclic amines) is 1. The van der Waals surface area contributed by atoms with Crippen LogP contribution in [0.1, 0.15) is 56.0 Å². The monoisotopic (exact) mass is 514 g/mol. The first kappa shape index (κ1) is 26.6. The maximum Gasteiger partial charge on any atom is 0.295 e. The predicted molar refractivity (Wildman–Crippen MR) is 144 cm³/mol. The highest BCUT2D eigenvalue weighted by atomic mass is 16.6. The Bertz CT molecular complexity index is 1420. The average molecular weight is 515 g/mol. The summed E-state index contributed by atoms with van der Waals surface area (Å²) in [6.45, 7) is 8.71. The number of ketones is 1. The zero-order valence-corrected chi connectivity index (χ0v) is 21.8. The van der Waals surface area contributed by atoms with Crippen molar-refractivity contribution in [1.29, 1.82) is 0 Å². The molecule has 1 heterocycles. The number of Topliss-reactive ketones (excluding diaryl/α,β-unsaturated/α-hetero) is 1. The van der Waals surface area contributed by atoms with E-state index in [9.17, 15) is 24.8 Å². The summed E-state index contributed by atoms with van der Waals surface area (Å²) in [7, 11) is 0. The molecule has 0 aliphatic carbocycles. The number of benzene rings is 3. The van der Waals surface area contributed by atoms with Gasteiger partial charge in [-0.15, -0.1) is 0 Å². The van der Waals surface area contributed by atoms with Gasteiger partial charge in [0.15, 0.2) is 0 Å². The minimum Gasteiger partial charge on any atom is -0.507 e. The highest BCUT2D eigenvalue weighted by Crippen LogP contribution is 2.41. The van der Waals surface area contributed by atoms with Gasteiger partial charge in [-0.3, -0.25) is 19.7 Å². The molecule has 1 aliphatic rings. The van der Waals surface area contributed by atoms with Crippen molar-refractivity contribution in [2.75, 3.05) is 6.61 Å². The van der Waals surface area contributed by atoms with E-state index < -0.39 is 28.4 Å². The van der Waals surface area contributed by atoms with Crippen LogP contribution in [0.3, 0.4) is 0 Å². The third kappa shape index (κ3) is 5.29. The molecule has 0 saturated carbocycles. The first-order chi connectivity index (χ1) is 18.0. The molecule has 0 spiro atoms. The summed E-state index contributed by atoms with van der Waals surface area (Å²) in [5.74, 6) is -1.42. The Balaban J connectivity index is 1.85. The number of nitrogens with zero attached hydrogens (tertiary/aromatic N) is 2. The Morgan fingerprint density at radius 1 is 1.03 bits per heavy atom. The van der Waals surface area contributed by atoms with E-state index in [1.807, 2.05) is 55.5 Å². The number of nitro benzene ring substituents is 1. The minimum absolute atomic E-state index is 0.0897. The molecule has 1 atom stereocenters. The average Bonchev–Trinajstić information content (AvgIpc) is 3.13. The summed E-state index contributed by atoms with van der Waals surface area (Å²) in [5.41, 5.74) is 2.10. The minimum atomic E-state index is -0.890. The highest BCUT2D eigenvalue weighted by Gasteiger charge is 2.46. The molecule has 8 heteroatoms. The van der Waals surface area contributed by atoms with Gasteiger partial charge >= 0.3 is 0 Å². The molecule has 1 fully saturated rings. The molecule has 0 aromatic heterocycles. The summed E-state index contributed by atoms with van der Waals surface area (Å²) in [4.78, 5) is 38.8. The summed E-state index contributed by atoms with van der Waals surface area (Å²) < 4.78 is 5.59. The topological polar surface area (TPSA) is 110 Å². The lowest BCUT2D eigenvalue weighted by molar-refractivity contribution is -0.384. The zero-order valence-electron chi connectivity index (χ0n) is 21.8. The lowest BCUT2D eigenvalue weighted by Crippen LogP contribution is -2.29. The van der Waals surface area contributed by atoms with Gasteiger partial charge in [0.05, 0.1) is 23.1 Å². The third-order valence-electron chi connectivity index (χ3n) is 6.53. The van der Waals surface area contributed by atoms with Gasteiger partial charge in [0.1, 0.15) is 11.5 Å². The summed E-state index contributed by atoms with van der Waals surface area (Å²) in [6.07, 6.45) is 0. The summed E-state index contributed by atoms with van der Waals surface area (Å²) in [6, 6.07) is 19.3. The van der Waals surface area contributed by atoms with Crippen LogP contribution < -0.4 is 4.74 Å². The molecule has 38 heavy (non-hydrogen) atoms. The number of carbonyl (C=O) groups excluding carboxylic acids is 2. The molecular weight excluding hydrogens is 484 g/mol. The fraction of sp³-hybridized carbons (Fsp3) is 0.267. The van der Waals surface area contributed by atoms with Crippen LogP contribution in [0.5, 0.6) is 5.75 Å². The van der Waals surface area contributed by atoms with Crippen LogP contribution in [0.2, 0.25) is 0 Å². The predicted octanol–water partition coefficient (Wildman–Crippen LogP) is 5.91. The summed E-state index contributed by atoms with van der Waals surface area (Å²) in [5, 5.41) is 22.6. The van der Waals surface area contributed by atoms with Gasteiger partial charge in [-0.2, -0.15) is 0 Å². The molecule has 1 saturated heterocycles. The number of amides is 1. The molecule has 0 bridgehead atoms. The van der Waals surface area contributed by atoms with E-state index in [1.54, 1.807) is 0 Å². The Labute approximate surface area is 221 Å². The maximum absolute atomic E-state index is 13.4. The van der Waals surface area contributed by atoms with Crippen LogP contribution in [0.4, 0.5) is 5.69 Å². The maximum atomic E-state index is 13.4. The number of rotatable bonds is 7. The normalized spacial score (nSPS) is 17.1. The first-order valence-corrected chi connectivity index (χ1v) is 12.4. The van der Waals surface area contributed by atoms with E-state index in [-0.39, 0.29) is 28.8 Å². The van der Waals surface area contributed by atoms with Gasteiger partial charge in [-0.1, -0.05) is 69.3 Å². The molecular formula is C30H30N2O6. The number of ether oxygens (including phenoxy) is 1. The van der Waals surface area contributed by atoms with Crippen molar-refractivity contribution in [3.63, 3.8) is 0 Å². The van der Waals surface area contributed by atoms with E-state index in [4.69, 9.17) is 4.74 Å². The van der Waals surface area contributed by atoms with E-state index >= 15 is 0 Å². The van der Waals surface area contributed by atoms with E-state index in [0.29, 0.717) is 17.9 Å². The fourth-order valence-electron chi connectivity index (χ4n) is 4.57. The van der Waals surface area contributed by atoms with Gasteiger partial charge in [-0.25, -0.2) is 0 Å². The molecule has 4 rings (SSSR count). The number of nitro groups is 1. The number of carbonyl (C=O) groups is 2. The fourth-order valence-corrected chi connectivity index (χ4v) is 4.57. The largest absolute Gasteiger partial charge is 0.507 e. The van der Waals surface area contributed by atoms with Gasteiger partial charge in [0.25, 0.3) is 17.4 Å². The molecule has 3 aromatic rings. The number of hydrogen-bond acceptors (Lipinski definition) is 6. The van der Waals surface area contributed by atoms with Crippen LogP contribution in [0.15, 0.2) is 78.4 Å². The second-order valence-electron chi connectivity index (χ2n) is 10.2. The molecule has 1 unspecified atom stereocenters. The summed E-state index contributed by atoms with van der Waals surface area (Å²) >= 11 is 0. The van der Waals surface area contributed by atoms with Gasteiger partial charge in [0.2, 0.25) is 0 Å². The molecule has 1 N–H and O–H groups in total. The van der Waals surface area contributed by atoms with Crippen molar-refractivity contribution in [2.45, 2.75) is 45.7 Å². The second kappa shape index (κ2) is 10.5. The van der Waals surface area contributed by atoms with Crippen LogP contribution in [-0.4, -0.2) is 33.2 Å². The zero-order chi connectivity index (χ0) is 27.6. The highest BCUT2D eigenvalue weighted by molar-refractivity contribution is 6.46. The van der Waals surface area contributed by atoms with Crippen molar-refractivity contribution in [3.05, 3.63) is 111 Å². The second-order valence-corrected chi connectivity index (χ2v) is 10.2. The molecule has 1 amide bonds. The van der Waals surface area contributed by atoms with Crippen molar-refractivity contribution in [1.82, 2.24) is 4.90 Å². The SMILES string of the molecule is CCOc1cccc(CN2C(=O)C(=O)/C(=C(\O)c3cccc([N+](=O)[O-])c3)C2c2ccc(C(C)(C)C)cc2)c1. The lowest BCUT2D eigenvalue weighted by Gasteiger charge is -2.27.